The highest BCUT2D eigenvalue weighted by atomic mass is 35.5. The molecule has 5 rings (SSSR count). The van der Waals surface area contributed by atoms with Gasteiger partial charge >= 0.3 is 0 Å². The standard InChI is InChI=1S/C20H23ClN4O2S/c1-11(13-3-4-13)25-10-14-9-15(17-18(21)22-12(2)28-17)23-19(16(14)20(25)26)24-5-7-27-8-6-24/h9,11,13H,3-8,10H2,1-2H3/t11-/m0/s1. The number of rotatable bonds is 4. The van der Waals surface area contributed by atoms with E-state index in [-0.39, 0.29) is 11.9 Å². The van der Waals surface area contributed by atoms with E-state index in [0.717, 1.165) is 45.6 Å². The zero-order valence-corrected chi connectivity index (χ0v) is 17.6. The van der Waals surface area contributed by atoms with E-state index in [2.05, 4.69) is 16.8 Å². The van der Waals surface area contributed by atoms with E-state index < -0.39 is 0 Å². The summed E-state index contributed by atoms with van der Waals surface area (Å²) in [7, 11) is 0. The van der Waals surface area contributed by atoms with Crippen LogP contribution in [0, 0.1) is 12.8 Å². The van der Waals surface area contributed by atoms with Crippen molar-refractivity contribution in [3.63, 3.8) is 0 Å². The minimum absolute atomic E-state index is 0.113. The van der Waals surface area contributed by atoms with E-state index >= 15 is 0 Å². The molecular formula is C20H23ClN4O2S. The Bertz CT molecular complexity index is 937. The lowest BCUT2D eigenvalue weighted by molar-refractivity contribution is 0.0697. The van der Waals surface area contributed by atoms with Gasteiger partial charge in [0.2, 0.25) is 0 Å². The van der Waals surface area contributed by atoms with Crippen LogP contribution in [0.5, 0.6) is 0 Å². The minimum Gasteiger partial charge on any atom is -0.378 e. The van der Waals surface area contributed by atoms with Crippen molar-refractivity contribution < 1.29 is 9.53 Å². The van der Waals surface area contributed by atoms with Crippen LogP contribution in [-0.2, 0) is 11.3 Å². The van der Waals surface area contributed by atoms with Gasteiger partial charge in [0, 0.05) is 25.7 Å². The predicted octanol–water partition coefficient (Wildman–Crippen LogP) is 3.76. The van der Waals surface area contributed by atoms with Crippen LogP contribution < -0.4 is 4.90 Å². The van der Waals surface area contributed by atoms with Crippen molar-refractivity contribution in [2.45, 2.75) is 39.3 Å². The Balaban J connectivity index is 1.60. The van der Waals surface area contributed by atoms with Crippen LogP contribution in [0.4, 0.5) is 5.82 Å². The molecule has 4 heterocycles. The Hall–Kier alpha value is -1.70. The third-order valence-corrected chi connectivity index (χ3v) is 7.31. The smallest absolute Gasteiger partial charge is 0.258 e. The molecule has 2 aromatic heterocycles. The number of pyridine rings is 1. The Morgan fingerprint density at radius 2 is 2.04 bits per heavy atom. The van der Waals surface area contributed by atoms with E-state index in [1.807, 2.05) is 17.9 Å². The summed E-state index contributed by atoms with van der Waals surface area (Å²) in [5, 5.41) is 1.39. The maximum Gasteiger partial charge on any atom is 0.258 e. The summed E-state index contributed by atoms with van der Waals surface area (Å²) in [5.74, 6) is 1.52. The van der Waals surface area contributed by atoms with Crippen molar-refractivity contribution in [3.05, 3.63) is 27.4 Å². The molecule has 1 atom stereocenters. The van der Waals surface area contributed by atoms with E-state index in [4.69, 9.17) is 21.3 Å². The van der Waals surface area contributed by atoms with Crippen LogP contribution in [0.1, 0.15) is 40.7 Å². The van der Waals surface area contributed by atoms with Gasteiger partial charge in [-0.2, -0.15) is 0 Å². The molecular weight excluding hydrogens is 396 g/mol. The average molecular weight is 419 g/mol. The highest BCUT2D eigenvalue weighted by Crippen LogP contribution is 2.42. The van der Waals surface area contributed by atoms with Crippen molar-refractivity contribution >= 4 is 34.7 Å². The van der Waals surface area contributed by atoms with Gasteiger partial charge in [-0.15, -0.1) is 11.3 Å². The molecule has 1 saturated carbocycles. The van der Waals surface area contributed by atoms with E-state index in [9.17, 15) is 4.79 Å². The van der Waals surface area contributed by atoms with E-state index in [0.29, 0.717) is 30.8 Å². The SMILES string of the molecule is Cc1nc(Cl)c(-c2cc3c(c(N4CCOCC4)n2)C(=O)N([C@@H](C)C2CC2)C3)s1. The number of carbonyl (C=O) groups excluding carboxylic acids is 1. The Kier molecular flexibility index (Phi) is 4.56. The molecule has 1 aliphatic carbocycles. The molecule has 28 heavy (non-hydrogen) atoms. The van der Waals surface area contributed by atoms with Crippen LogP contribution in [0.25, 0.3) is 10.6 Å². The zero-order valence-electron chi connectivity index (χ0n) is 16.1. The van der Waals surface area contributed by atoms with Gasteiger partial charge in [0.1, 0.15) is 11.0 Å². The van der Waals surface area contributed by atoms with Gasteiger partial charge in [0.15, 0.2) is 0 Å². The van der Waals surface area contributed by atoms with E-state index in [1.165, 1.54) is 12.8 Å². The van der Waals surface area contributed by atoms with Crippen LogP contribution in [0.15, 0.2) is 6.07 Å². The number of nitrogens with zero attached hydrogens (tertiary/aromatic N) is 4. The summed E-state index contributed by atoms with van der Waals surface area (Å²) in [4.78, 5) is 27.7. The highest BCUT2D eigenvalue weighted by molar-refractivity contribution is 7.15. The third-order valence-electron chi connectivity index (χ3n) is 5.93. The number of carbonyl (C=O) groups is 1. The van der Waals surface area contributed by atoms with Crippen LogP contribution in [-0.4, -0.2) is 53.1 Å². The number of morpholine rings is 1. The average Bonchev–Trinajstić information content (AvgIpc) is 3.42. The van der Waals surface area contributed by atoms with Gasteiger partial charge in [-0.25, -0.2) is 9.97 Å². The first-order valence-corrected chi connectivity index (χ1v) is 11.0. The maximum atomic E-state index is 13.3. The van der Waals surface area contributed by atoms with Gasteiger partial charge < -0.3 is 14.5 Å². The third kappa shape index (κ3) is 3.09. The summed E-state index contributed by atoms with van der Waals surface area (Å²) in [5.41, 5.74) is 2.62. The fourth-order valence-electron chi connectivity index (χ4n) is 4.18. The second-order valence-corrected chi connectivity index (χ2v) is 9.39. The topological polar surface area (TPSA) is 58.6 Å². The maximum absolute atomic E-state index is 13.3. The first-order chi connectivity index (χ1) is 13.5. The van der Waals surface area contributed by atoms with Gasteiger partial charge in [-0.1, -0.05) is 11.6 Å². The van der Waals surface area contributed by atoms with Crippen molar-refractivity contribution in [2.75, 3.05) is 31.2 Å². The largest absolute Gasteiger partial charge is 0.378 e. The molecule has 2 aromatic rings. The van der Waals surface area contributed by atoms with Crippen LogP contribution in [0.3, 0.4) is 0 Å². The number of aromatic nitrogens is 2. The Labute approximate surface area is 173 Å². The van der Waals surface area contributed by atoms with Crippen molar-refractivity contribution in [1.82, 2.24) is 14.9 Å². The molecule has 0 unspecified atom stereocenters. The molecule has 0 aromatic carbocycles. The van der Waals surface area contributed by atoms with Gasteiger partial charge in [0.25, 0.3) is 5.91 Å². The minimum atomic E-state index is 0.113. The van der Waals surface area contributed by atoms with Gasteiger partial charge in [-0.05, 0) is 44.2 Å². The number of fused-ring (bicyclic) bond motifs is 1. The Morgan fingerprint density at radius 3 is 2.68 bits per heavy atom. The van der Waals surface area contributed by atoms with Gasteiger partial charge in [0.05, 0.1) is 34.4 Å². The van der Waals surface area contributed by atoms with Crippen LogP contribution in [0.2, 0.25) is 5.15 Å². The molecule has 8 heteroatoms. The number of aryl methyl sites for hydroxylation is 1. The summed E-state index contributed by atoms with van der Waals surface area (Å²) in [6.07, 6.45) is 2.44. The predicted molar refractivity (Wildman–Crippen MR) is 110 cm³/mol. The van der Waals surface area contributed by atoms with Crippen LogP contribution >= 0.6 is 22.9 Å². The number of hydrogen-bond acceptors (Lipinski definition) is 6. The molecule has 3 aliphatic rings. The molecule has 148 valence electrons. The molecule has 0 radical (unpaired) electrons. The normalized spacial score (nSPS) is 20.6. The number of anilines is 1. The van der Waals surface area contributed by atoms with Crippen molar-refractivity contribution in [3.8, 4) is 10.6 Å². The molecule has 0 spiro atoms. The quantitative estimate of drug-likeness (QED) is 0.756. The van der Waals surface area contributed by atoms with Crippen molar-refractivity contribution in [1.29, 1.82) is 0 Å². The van der Waals surface area contributed by atoms with Crippen molar-refractivity contribution in [2.24, 2.45) is 5.92 Å². The molecule has 1 amide bonds. The molecule has 0 bridgehead atoms. The summed E-state index contributed by atoms with van der Waals surface area (Å²) in [6, 6.07) is 2.31. The Morgan fingerprint density at radius 1 is 1.29 bits per heavy atom. The summed E-state index contributed by atoms with van der Waals surface area (Å²) < 4.78 is 5.51. The lowest BCUT2D eigenvalue weighted by atomic mass is 10.1. The summed E-state index contributed by atoms with van der Waals surface area (Å²) in [6.45, 7) is 7.54. The first-order valence-electron chi connectivity index (χ1n) is 9.84. The number of ether oxygens (including phenoxy) is 1. The molecule has 0 N–H and O–H groups in total. The van der Waals surface area contributed by atoms with Gasteiger partial charge in [-0.3, -0.25) is 4.79 Å². The summed E-state index contributed by atoms with van der Waals surface area (Å²) >= 11 is 7.92. The molecule has 2 aliphatic heterocycles. The molecule has 6 nitrogen and oxygen atoms in total. The fourth-order valence-corrected chi connectivity index (χ4v) is 5.34. The van der Waals surface area contributed by atoms with E-state index in [1.54, 1.807) is 11.3 Å². The lowest BCUT2D eigenvalue weighted by Crippen LogP contribution is -2.39. The fraction of sp³-hybridized carbons (Fsp3) is 0.550. The molecule has 1 saturated heterocycles. The second kappa shape index (κ2) is 6.97. The molecule has 2 fully saturated rings. The highest BCUT2D eigenvalue weighted by Gasteiger charge is 2.41. The monoisotopic (exact) mass is 418 g/mol. The number of thiazole rings is 1. The first kappa shape index (κ1) is 18.3. The number of hydrogen-bond donors (Lipinski definition) is 0. The zero-order chi connectivity index (χ0) is 19.4. The second-order valence-electron chi connectivity index (χ2n) is 7.83. The lowest BCUT2D eigenvalue weighted by Gasteiger charge is -2.29. The number of halogens is 1. The number of amides is 1.